The number of nitrogens with zero attached hydrogens (tertiary/aromatic N) is 1. The Kier molecular flexibility index (Phi) is 6.31. The first-order valence-corrected chi connectivity index (χ1v) is 10.8. The van der Waals surface area contributed by atoms with Crippen molar-refractivity contribution in [1.29, 1.82) is 0 Å². The molecule has 0 spiro atoms. The lowest BCUT2D eigenvalue weighted by molar-refractivity contribution is -0.122. The molecule has 0 aromatic heterocycles. The summed E-state index contributed by atoms with van der Waals surface area (Å²) in [7, 11) is -3.64. The second-order valence-corrected chi connectivity index (χ2v) is 9.03. The van der Waals surface area contributed by atoms with Crippen LogP contribution in [0.5, 0.6) is 0 Å². The fraction of sp³-hybridized carbons (Fsp3) is 0.381. The molecule has 0 aliphatic carbocycles. The van der Waals surface area contributed by atoms with Gasteiger partial charge in [-0.15, -0.1) is 0 Å². The van der Waals surface area contributed by atoms with Crippen LogP contribution in [-0.2, 0) is 14.8 Å². The summed E-state index contributed by atoms with van der Waals surface area (Å²) < 4.78 is 26.2. The molecular formula is C21H28N2O3S. The van der Waals surface area contributed by atoms with E-state index in [1.165, 1.54) is 4.31 Å². The third-order valence-electron chi connectivity index (χ3n) is 4.63. The molecule has 27 heavy (non-hydrogen) atoms. The second-order valence-electron chi connectivity index (χ2n) is 7.17. The highest BCUT2D eigenvalue weighted by molar-refractivity contribution is 7.92. The van der Waals surface area contributed by atoms with Crippen molar-refractivity contribution >= 4 is 21.6 Å². The minimum atomic E-state index is -3.64. The van der Waals surface area contributed by atoms with Gasteiger partial charge in [0.15, 0.2) is 0 Å². The quantitative estimate of drug-likeness (QED) is 0.821. The Morgan fingerprint density at radius 2 is 1.52 bits per heavy atom. The summed E-state index contributed by atoms with van der Waals surface area (Å²) in [4.78, 5) is 12.8. The molecule has 2 aromatic rings. The van der Waals surface area contributed by atoms with Gasteiger partial charge in [0.05, 0.1) is 18.0 Å². The van der Waals surface area contributed by atoms with E-state index in [-0.39, 0.29) is 11.9 Å². The minimum absolute atomic E-state index is 0.222. The molecule has 0 bridgehead atoms. The van der Waals surface area contributed by atoms with Gasteiger partial charge in [0.1, 0.15) is 6.04 Å². The maximum atomic E-state index is 12.8. The normalized spacial score (nSPS) is 13.7. The number of hydrogen-bond donors (Lipinski definition) is 1. The Morgan fingerprint density at radius 3 is 2.07 bits per heavy atom. The summed E-state index contributed by atoms with van der Waals surface area (Å²) in [6.45, 7) is 9.24. The van der Waals surface area contributed by atoms with Crippen LogP contribution < -0.4 is 9.62 Å². The van der Waals surface area contributed by atoms with Crippen molar-refractivity contribution in [3.8, 4) is 0 Å². The number of aryl methyl sites for hydroxylation is 3. The molecule has 0 aliphatic rings. The summed E-state index contributed by atoms with van der Waals surface area (Å²) in [6, 6.07) is 12.4. The Bertz CT molecular complexity index is 921. The van der Waals surface area contributed by atoms with E-state index >= 15 is 0 Å². The molecule has 0 saturated carbocycles. The van der Waals surface area contributed by atoms with Gasteiger partial charge in [-0.1, -0.05) is 42.0 Å². The zero-order valence-electron chi connectivity index (χ0n) is 16.8. The standard InChI is InChI=1S/C21H28N2O3S/c1-14-8-11-19(12-9-14)17(4)22-21(24)18(5)23(27(6,25)26)20-13-15(2)7-10-16(20)3/h7-13,17-18H,1-6H3,(H,22,24)/t17-,18+/m1/s1. The molecule has 2 atom stereocenters. The summed E-state index contributed by atoms with van der Waals surface area (Å²) in [6.07, 6.45) is 1.13. The first-order valence-electron chi connectivity index (χ1n) is 8.94. The molecule has 2 aromatic carbocycles. The van der Waals surface area contributed by atoms with Crippen LogP contribution in [-0.4, -0.2) is 26.6 Å². The second kappa shape index (κ2) is 8.13. The van der Waals surface area contributed by atoms with E-state index in [0.717, 1.165) is 28.5 Å². The van der Waals surface area contributed by atoms with E-state index in [4.69, 9.17) is 0 Å². The van der Waals surface area contributed by atoms with Gasteiger partial charge in [-0.05, 0) is 57.4 Å². The van der Waals surface area contributed by atoms with Crippen LogP contribution in [0.25, 0.3) is 0 Å². The van der Waals surface area contributed by atoms with Gasteiger partial charge in [-0.3, -0.25) is 9.10 Å². The number of sulfonamides is 1. The number of nitrogens with one attached hydrogen (secondary N) is 1. The van der Waals surface area contributed by atoms with Crippen LogP contribution in [0.15, 0.2) is 42.5 Å². The Labute approximate surface area is 162 Å². The number of benzene rings is 2. The average molecular weight is 389 g/mol. The molecule has 0 unspecified atom stereocenters. The lowest BCUT2D eigenvalue weighted by Gasteiger charge is -2.30. The van der Waals surface area contributed by atoms with E-state index in [1.807, 2.05) is 64.1 Å². The fourth-order valence-electron chi connectivity index (χ4n) is 3.01. The molecule has 0 radical (unpaired) electrons. The van der Waals surface area contributed by atoms with Gasteiger partial charge in [0.2, 0.25) is 15.9 Å². The van der Waals surface area contributed by atoms with E-state index in [9.17, 15) is 13.2 Å². The predicted molar refractivity (Wildman–Crippen MR) is 110 cm³/mol. The molecule has 1 amide bonds. The maximum Gasteiger partial charge on any atom is 0.244 e. The number of anilines is 1. The van der Waals surface area contributed by atoms with E-state index in [1.54, 1.807) is 13.0 Å². The van der Waals surface area contributed by atoms with Crippen molar-refractivity contribution in [3.05, 3.63) is 64.7 Å². The molecule has 1 N–H and O–H groups in total. The van der Waals surface area contributed by atoms with Crippen LogP contribution in [0.2, 0.25) is 0 Å². The summed E-state index contributed by atoms with van der Waals surface area (Å²) in [5.41, 5.74) is 4.38. The van der Waals surface area contributed by atoms with Crippen molar-refractivity contribution in [2.75, 3.05) is 10.6 Å². The molecular weight excluding hydrogens is 360 g/mol. The Balaban J connectivity index is 2.30. The lowest BCUT2D eigenvalue weighted by atomic mass is 10.1. The van der Waals surface area contributed by atoms with Crippen LogP contribution in [0.1, 0.15) is 42.1 Å². The third-order valence-corrected chi connectivity index (χ3v) is 5.85. The summed E-state index contributed by atoms with van der Waals surface area (Å²) in [5.74, 6) is -0.339. The molecule has 0 fully saturated rings. The summed E-state index contributed by atoms with van der Waals surface area (Å²) in [5, 5.41) is 2.93. The lowest BCUT2D eigenvalue weighted by Crippen LogP contribution is -2.48. The molecule has 146 valence electrons. The highest BCUT2D eigenvalue weighted by Crippen LogP contribution is 2.26. The number of amides is 1. The van der Waals surface area contributed by atoms with E-state index < -0.39 is 16.1 Å². The molecule has 0 saturated heterocycles. The van der Waals surface area contributed by atoms with Gasteiger partial charge < -0.3 is 5.32 Å². The van der Waals surface area contributed by atoms with Crippen LogP contribution in [0, 0.1) is 20.8 Å². The molecule has 6 heteroatoms. The average Bonchev–Trinajstić information content (AvgIpc) is 2.57. The van der Waals surface area contributed by atoms with Crippen molar-refractivity contribution in [1.82, 2.24) is 5.32 Å². The molecule has 5 nitrogen and oxygen atoms in total. The number of carbonyl (C=O) groups is 1. The van der Waals surface area contributed by atoms with Crippen LogP contribution in [0.3, 0.4) is 0 Å². The minimum Gasteiger partial charge on any atom is -0.348 e. The number of hydrogen-bond acceptors (Lipinski definition) is 3. The predicted octanol–water partition coefficient (Wildman–Crippen LogP) is 3.64. The zero-order valence-corrected chi connectivity index (χ0v) is 17.6. The number of carbonyl (C=O) groups excluding carboxylic acids is 1. The monoisotopic (exact) mass is 388 g/mol. The summed E-state index contributed by atoms with van der Waals surface area (Å²) >= 11 is 0. The van der Waals surface area contributed by atoms with Crippen molar-refractivity contribution in [3.63, 3.8) is 0 Å². The van der Waals surface area contributed by atoms with Crippen LogP contribution >= 0.6 is 0 Å². The van der Waals surface area contributed by atoms with Crippen molar-refractivity contribution in [2.45, 2.75) is 46.7 Å². The topological polar surface area (TPSA) is 66.5 Å². The van der Waals surface area contributed by atoms with Crippen LogP contribution in [0.4, 0.5) is 5.69 Å². The number of rotatable bonds is 6. The van der Waals surface area contributed by atoms with Gasteiger partial charge in [-0.2, -0.15) is 0 Å². The van der Waals surface area contributed by atoms with Gasteiger partial charge in [0, 0.05) is 0 Å². The Hall–Kier alpha value is -2.34. The molecule has 2 rings (SSSR count). The SMILES string of the molecule is Cc1ccc([C@@H](C)NC(=O)[C@H](C)N(c2cc(C)ccc2C)S(C)(=O)=O)cc1. The van der Waals surface area contributed by atoms with Crippen molar-refractivity contribution < 1.29 is 13.2 Å². The highest BCUT2D eigenvalue weighted by Gasteiger charge is 2.30. The first-order chi connectivity index (χ1) is 12.5. The highest BCUT2D eigenvalue weighted by atomic mass is 32.2. The van der Waals surface area contributed by atoms with Crippen molar-refractivity contribution in [2.24, 2.45) is 0 Å². The first kappa shape index (κ1) is 21.0. The molecule has 0 heterocycles. The third kappa shape index (κ3) is 5.10. The van der Waals surface area contributed by atoms with E-state index in [2.05, 4.69) is 5.32 Å². The maximum absolute atomic E-state index is 12.8. The largest absolute Gasteiger partial charge is 0.348 e. The van der Waals surface area contributed by atoms with E-state index in [0.29, 0.717) is 5.69 Å². The molecule has 0 aliphatic heterocycles. The Morgan fingerprint density at radius 1 is 0.963 bits per heavy atom. The van der Waals surface area contributed by atoms with Gasteiger partial charge in [-0.25, -0.2) is 8.42 Å². The smallest absolute Gasteiger partial charge is 0.244 e. The fourth-order valence-corrected chi connectivity index (χ4v) is 4.23. The zero-order chi connectivity index (χ0) is 20.4. The van der Waals surface area contributed by atoms with Gasteiger partial charge in [0.25, 0.3) is 0 Å². The van der Waals surface area contributed by atoms with Gasteiger partial charge >= 0.3 is 0 Å².